The molecular weight excluding hydrogens is 448 g/mol. The predicted molar refractivity (Wildman–Crippen MR) is 123 cm³/mol. The number of carbonyl (C=O) groups excluding carboxylic acids is 3. The highest BCUT2D eigenvalue weighted by Gasteiger charge is 2.23. The maximum atomic E-state index is 13.0. The van der Waals surface area contributed by atoms with E-state index in [1.165, 1.54) is 4.90 Å². The number of hydrogen-bond acceptors (Lipinski definition) is 6. The van der Waals surface area contributed by atoms with E-state index in [2.05, 4.69) is 15.8 Å². The molecule has 9 nitrogen and oxygen atoms in total. The summed E-state index contributed by atoms with van der Waals surface area (Å²) < 4.78 is 11.0. The molecule has 0 aliphatic carbocycles. The molecule has 1 atom stereocenters. The fourth-order valence-electron chi connectivity index (χ4n) is 3.47. The Morgan fingerprint density at radius 2 is 2.09 bits per heavy atom. The number of nitrogens with one attached hydrogen (secondary N) is 2. The zero-order chi connectivity index (χ0) is 23.8. The number of ether oxygens (including phenoxy) is 1. The lowest BCUT2D eigenvalue weighted by molar-refractivity contribution is -0.122. The van der Waals surface area contributed by atoms with Crippen molar-refractivity contribution in [1.29, 1.82) is 0 Å². The summed E-state index contributed by atoms with van der Waals surface area (Å²) in [5, 5.41) is 9.99. The average Bonchev–Trinajstić information content (AvgIpc) is 3.24. The van der Waals surface area contributed by atoms with Crippen molar-refractivity contribution in [3.63, 3.8) is 0 Å². The Balaban J connectivity index is 1.73. The number of carbonyl (C=O) groups is 3. The molecule has 2 aromatic rings. The second kappa shape index (κ2) is 11.7. The molecule has 1 aliphatic rings. The van der Waals surface area contributed by atoms with Crippen molar-refractivity contribution in [3.8, 4) is 5.75 Å². The first-order valence-electron chi connectivity index (χ1n) is 11.1. The van der Waals surface area contributed by atoms with Gasteiger partial charge in [0.15, 0.2) is 5.69 Å². The van der Waals surface area contributed by atoms with E-state index in [1.807, 2.05) is 6.92 Å². The van der Waals surface area contributed by atoms with Crippen LogP contribution < -0.4 is 15.4 Å². The third-order valence-electron chi connectivity index (χ3n) is 5.12. The summed E-state index contributed by atoms with van der Waals surface area (Å²) in [6.45, 7) is 4.56. The molecule has 1 aromatic carbocycles. The average molecular weight is 477 g/mol. The molecule has 1 aliphatic heterocycles. The number of aromatic nitrogens is 1. The molecule has 1 aromatic heterocycles. The fraction of sp³-hybridized carbons (Fsp3) is 0.478. The number of benzene rings is 1. The Morgan fingerprint density at radius 1 is 1.27 bits per heavy atom. The number of fused-ring (bicyclic) bond motifs is 1. The molecule has 3 amide bonds. The minimum absolute atomic E-state index is 0.113. The van der Waals surface area contributed by atoms with Crippen molar-refractivity contribution in [3.05, 3.63) is 46.3 Å². The molecule has 0 fully saturated rings. The van der Waals surface area contributed by atoms with Crippen LogP contribution in [-0.2, 0) is 11.2 Å². The first-order valence-corrected chi connectivity index (χ1v) is 11.5. The smallest absolute Gasteiger partial charge is 0.276 e. The van der Waals surface area contributed by atoms with Crippen LogP contribution in [0.2, 0.25) is 5.02 Å². The highest BCUT2D eigenvalue weighted by Crippen LogP contribution is 2.23. The summed E-state index contributed by atoms with van der Waals surface area (Å²) in [6.07, 6.45) is 2.76. The Bertz CT molecular complexity index is 993. The molecule has 0 bridgehead atoms. The molecule has 0 saturated carbocycles. The van der Waals surface area contributed by atoms with E-state index in [4.69, 9.17) is 20.9 Å². The van der Waals surface area contributed by atoms with Gasteiger partial charge in [-0.25, -0.2) is 0 Å². The summed E-state index contributed by atoms with van der Waals surface area (Å²) >= 11 is 6.06. The standard InChI is InChI=1S/C23H29ClN4O5/c1-3-6-17-12-19(27-33-17)23(31)28-10-5-4-9-25-22(30)18-11-16(24)7-8-20(18)32-14-15(2)26-21(29)13-28/h7-8,11-12,15H,3-6,9-10,13-14H2,1-2H3,(H,25,30)(H,26,29)/t15-/m1/s1. The number of halogens is 1. The molecule has 0 unspecified atom stereocenters. The van der Waals surface area contributed by atoms with Gasteiger partial charge < -0.3 is 24.8 Å². The van der Waals surface area contributed by atoms with Gasteiger partial charge >= 0.3 is 0 Å². The van der Waals surface area contributed by atoms with Crippen LogP contribution in [0.3, 0.4) is 0 Å². The van der Waals surface area contributed by atoms with Gasteiger partial charge in [-0.15, -0.1) is 0 Å². The second-order valence-corrected chi connectivity index (χ2v) is 8.47. The Morgan fingerprint density at radius 3 is 2.88 bits per heavy atom. The Hall–Kier alpha value is -3.07. The Kier molecular flexibility index (Phi) is 8.71. The zero-order valence-electron chi connectivity index (χ0n) is 18.9. The topological polar surface area (TPSA) is 114 Å². The van der Waals surface area contributed by atoms with Gasteiger partial charge in [-0.2, -0.15) is 0 Å². The number of amides is 3. The molecule has 2 N–H and O–H groups in total. The Labute approximate surface area is 197 Å². The lowest BCUT2D eigenvalue weighted by Gasteiger charge is -2.22. The molecular formula is C23H29ClN4O5. The third-order valence-corrected chi connectivity index (χ3v) is 5.35. The van der Waals surface area contributed by atoms with Gasteiger partial charge in [-0.3, -0.25) is 14.4 Å². The van der Waals surface area contributed by atoms with Gasteiger partial charge in [0.05, 0.1) is 18.2 Å². The lowest BCUT2D eigenvalue weighted by atomic mass is 10.1. The maximum absolute atomic E-state index is 13.0. The molecule has 0 spiro atoms. The van der Waals surface area contributed by atoms with E-state index >= 15 is 0 Å². The van der Waals surface area contributed by atoms with Crippen LogP contribution in [-0.4, -0.2) is 60.1 Å². The minimum Gasteiger partial charge on any atom is -0.491 e. The molecule has 0 saturated heterocycles. The van der Waals surface area contributed by atoms with E-state index < -0.39 is 0 Å². The van der Waals surface area contributed by atoms with Gasteiger partial charge in [0.2, 0.25) is 5.91 Å². The number of nitrogens with zero attached hydrogens (tertiary/aromatic N) is 2. The van der Waals surface area contributed by atoms with Crippen LogP contribution in [0.5, 0.6) is 5.75 Å². The summed E-state index contributed by atoms with van der Waals surface area (Å²) in [6, 6.07) is 6.10. The monoisotopic (exact) mass is 476 g/mol. The van der Waals surface area contributed by atoms with Crippen molar-refractivity contribution in [2.24, 2.45) is 0 Å². The van der Waals surface area contributed by atoms with E-state index in [0.717, 1.165) is 6.42 Å². The minimum atomic E-state index is -0.365. The van der Waals surface area contributed by atoms with Gasteiger partial charge in [0, 0.05) is 30.6 Å². The van der Waals surface area contributed by atoms with Gasteiger partial charge in [-0.05, 0) is 44.4 Å². The van der Waals surface area contributed by atoms with E-state index in [1.54, 1.807) is 31.2 Å². The lowest BCUT2D eigenvalue weighted by Crippen LogP contribution is -2.45. The van der Waals surface area contributed by atoms with Gasteiger partial charge in [0.25, 0.3) is 11.8 Å². The van der Waals surface area contributed by atoms with E-state index in [-0.39, 0.29) is 42.6 Å². The van der Waals surface area contributed by atoms with Crippen LogP contribution in [0, 0.1) is 0 Å². The van der Waals surface area contributed by atoms with Crippen molar-refractivity contribution in [1.82, 2.24) is 20.7 Å². The predicted octanol–water partition coefficient (Wildman–Crippen LogP) is 2.83. The van der Waals surface area contributed by atoms with Crippen molar-refractivity contribution >= 4 is 29.3 Å². The second-order valence-electron chi connectivity index (χ2n) is 8.04. The third kappa shape index (κ3) is 6.95. The van der Waals surface area contributed by atoms with Gasteiger partial charge in [-0.1, -0.05) is 23.7 Å². The summed E-state index contributed by atoms with van der Waals surface area (Å²) in [5.74, 6) is 0.0566. The number of rotatable bonds is 3. The molecule has 33 heavy (non-hydrogen) atoms. The first-order chi connectivity index (χ1) is 15.9. The molecule has 10 heteroatoms. The SMILES string of the molecule is CCCc1cc(C(=O)N2CCCCNC(=O)c3cc(Cl)ccc3OC[C@@H](C)NC(=O)C2)no1. The van der Waals surface area contributed by atoms with Crippen LogP contribution in [0.1, 0.15) is 59.7 Å². The maximum Gasteiger partial charge on any atom is 0.276 e. The molecule has 178 valence electrons. The molecule has 0 radical (unpaired) electrons. The van der Waals surface area contributed by atoms with Crippen LogP contribution >= 0.6 is 11.6 Å². The van der Waals surface area contributed by atoms with Crippen molar-refractivity contribution < 1.29 is 23.6 Å². The molecule has 2 heterocycles. The first kappa shape index (κ1) is 24.6. The highest BCUT2D eigenvalue weighted by molar-refractivity contribution is 6.31. The zero-order valence-corrected chi connectivity index (χ0v) is 19.6. The van der Waals surface area contributed by atoms with Crippen molar-refractivity contribution in [2.75, 3.05) is 26.2 Å². The van der Waals surface area contributed by atoms with Crippen LogP contribution in [0.4, 0.5) is 0 Å². The number of hydrogen-bond donors (Lipinski definition) is 2. The van der Waals surface area contributed by atoms with Crippen LogP contribution in [0.15, 0.2) is 28.8 Å². The molecule has 3 rings (SSSR count). The fourth-order valence-corrected chi connectivity index (χ4v) is 3.65. The van der Waals surface area contributed by atoms with Crippen molar-refractivity contribution in [2.45, 2.75) is 45.6 Å². The van der Waals surface area contributed by atoms with E-state index in [0.29, 0.717) is 54.4 Å². The van der Waals surface area contributed by atoms with Crippen LogP contribution in [0.25, 0.3) is 0 Å². The summed E-state index contributed by atoms with van der Waals surface area (Å²) in [5.41, 5.74) is 0.516. The summed E-state index contributed by atoms with van der Waals surface area (Å²) in [4.78, 5) is 39.7. The quantitative estimate of drug-likeness (QED) is 0.704. The number of aryl methyl sites for hydroxylation is 1. The normalized spacial score (nSPS) is 18.3. The van der Waals surface area contributed by atoms with E-state index in [9.17, 15) is 14.4 Å². The van der Waals surface area contributed by atoms with Gasteiger partial charge in [0.1, 0.15) is 18.1 Å². The summed E-state index contributed by atoms with van der Waals surface area (Å²) in [7, 11) is 0. The largest absolute Gasteiger partial charge is 0.491 e. The highest BCUT2D eigenvalue weighted by atomic mass is 35.5.